The van der Waals surface area contributed by atoms with E-state index in [0.29, 0.717) is 36.9 Å². The molecule has 4 nitrogen and oxygen atoms in total. The number of anilines is 1. The summed E-state index contributed by atoms with van der Waals surface area (Å²) in [4.78, 5) is 14.4. The van der Waals surface area contributed by atoms with Crippen LogP contribution in [0.2, 0.25) is 0 Å². The van der Waals surface area contributed by atoms with Crippen molar-refractivity contribution < 1.29 is 9.53 Å². The number of amides is 1. The quantitative estimate of drug-likeness (QED) is 0.848. The minimum Gasteiger partial charge on any atom is -0.390 e. The average molecular weight is 268 g/mol. The van der Waals surface area contributed by atoms with Crippen molar-refractivity contribution in [2.45, 2.75) is 26.2 Å². The van der Waals surface area contributed by atoms with E-state index in [2.05, 4.69) is 20.8 Å². The van der Waals surface area contributed by atoms with Gasteiger partial charge < -0.3 is 15.4 Å². The van der Waals surface area contributed by atoms with E-state index in [4.69, 9.17) is 10.5 Å². The van der Waals surface area contributed by atoms with Gasteiger partial charge in [0, 0.05) is 13.1 Å². The number of ether oxygens (including phenoxy) is 1. The highest BCUT2D eigenvalue weighted by Gasteiger charge is 2.29. The van der Waals surface area contributed by atoms with Crippen molar-refractivity contribution in [2.75, 3.05) is 32.0 Å². The Morgan fingerprint density at radius 2 is 2.00 bits per heavy atom. The summed E-state index contributed by atoms with van der Waals surface area (Å²) >= 11 is 1.45. The lowest BCUT2D eigenvalue weighted by Crippen LogP contribution is -2.41. The molecular weight excluding hydrogens is 248 g/mol. The van der Waals surface area contributed by atoms with Crippen LogP contribution in [0, 0.1) is 0 Å². The third-order valence-corrected chi connectivity index (χ3v) is 3.95. The molecule has 1 saturated heterocycles. The van der Waals surface area contributed by atoms with Crippen molar-refractivity contribution >= 4 is 22.2 Å². The van der Waals surface area contributed by atoms with Gasteiger partial charge in [0.1, 0.15) is 0 Å². The molecule has 0 aliphatic carbocycles. The zero-order valence-electron chi connectivity index (χ0n) is 11.2. The maximum atomic E-state index is 12.5. The van der Waals surface area contributed by atoms with Crippen LogP contribution in [0.1, 0.15) is 36.7 Å². The molecule has 0 radical (unpaired) electrons. The number of nitrogen functional groups attached to an aromatic ring is 1. The summed E-state index contributed by atoms with van der Waals surface area (Å²) < 4.78 is 5.27. The van der Waals surface area contributed by atoms with E-state index in [0.717, 1.165) is 5.56 Å². The molecule has 5 heteroatoms. The van der Waals surface area contributed by atoms with Crippen LogP contribution < -0.4 is 5.73 Å². The molecule has 1 aromatic heterocycles. The zero-order valence-corrected chi connectivity index (χ0v) is 12.0. The second-order valence-electron chi connectivity index (χ2n) is 5.54. The first kappa shape index (κ1) is 13.4. The molecule has 0 spiro atoms. The molecule has 0 bridgehead atoms. The predicted octanol–water partition coefficient (Wildman–Crippen LogP) is 2.10. The Kier molecular flexibility index (Phi) is 3.64. The molecule has 1 aliphatic heterocycles. The molecule has 1 aromatic rings. The van der Waals surface area contributed by atoms with Gasteiger partial charge in [-0.1, -0.05) is 20.8 Å². The Morgan fingerprint density at radius 3 is 2.56 bits per heavy atom. The third-order valence-electron chi connectivity index (χ3n) is 3.14. The summed E-state index contributed by atoms with van der Waals surface area (Å²) in [6, 6.07) is 0. The molecule has 1 aliphatic rings. The maximum absolute atomic E-state index is 12.5. The van der Waals surface area contributed by atoms with Crippen LogP contribution in [-0.2, 0) is 10.2 Å². The van der Waals surface area contributed by atoms with E-state index in [1.807, 2.05) is 10.3 Å². The van der Waals surface area contributed by atoms with Crippen LogP contribution in [0.15, 0.2) is 5.38 Å². The topological polar surface area (TPSA) is 55.6 Å². The lowest BCUT2D eigenvalue weighted by molar-refractivity contribution is 0.0302. The molecule has 18 heavy (non-hydrogen) atoms. The number of rotatable bonds is 1. The van der Waals surface area contributed by atoms with Gasteiger partial charge in [-0.05, 0) is 16.4 Å². The van der Waals surface area contributed by atoms with Gasteiger partial charge >= 0.3 is 0 Å². The zero-order chi connectivity index (χ0) is 13.3. The summed E-state index contributed by atoms with van der Waals surface area (Å²) in [6.45, 7) is 8.83. The van der Waals surface area contributed by atoms with Crippen molar-refractivity contribution in [1.29, 1.82) is 0 Å². The highest BCUT2D eigenvalue weighted by atomic mass is 32.1. The summed E-state index contributed by atoms with van der Waals surface area (Å²) in [5, 5.41) is 2.62. The van der Waals surface area contributed by atoms with Crippen LogP contribution >= 0.6 is 11.3 Å². The predicted molar refractivity (Wildman–Crippen MR) is 74.2 cm³/mol. The molecule has 0 aromatic carbocycles. The highest BCUT2D eigenvalue weighted by Crippen LogP contribution is 2.35. The molecule has 2 heterocycles. The van der Waals surface area contributed by atoms with Crippen molar-refractivity contribution in [3.05, 3.63) is 16.5 Å². The first-order valence-electron chi connectivity index (χ1n) is 6.15. The van der Waals surface area contributed by atoms with Gasteiger partial charge in [-0.15, -0.1) is 11.3 Å². The van der Waals surface area contributed by atoms with Crippen LogP contribution in [0.5, 0.6) is 0 Å². The summed E-state index contributed by atoms with van der Waals surface area (Å²) in [7, 11) is 0. The van der Waals surface area contributed by atoms with Crippen molar-refractivity contribution in [3.63, 3.8) is 0 Å². The average Bonchev–Trinajstić information content (AvgIpc) is 2.71. The fourth-order valence-electron chi connectivity index (χ4n) is 2.07. The number of carbonyl (C=O) groups is 1. The number of nitrogens with two attached hydrogens (primary N) is 1. The van der Waals surface area contributed by atoms with Gasteiger partial charge in [0.2, 0.25) is 0 Å². The molecule has 1 amide bonds. The minimum atomic E-state index is -0.0641. The van der Waals surface area contributed by atoms with E-state index >= 15 is 0 Å². The van der Waals surface area contributed by atoms with Gasteiger partial charge in [0.05, 0.1) is 23.8 Å². The smallest absolute Gasteiger partial charge is 0.257 e. The highest BCUT2D eigenvalue weighted by molar-refractivity contribution is 7.14. The number of hydrogen-bond donors (Lipinski definition) is 1. The third kappa shape index (κ3) is 2.52. The van der Waals surface area contributed by atoms with E-state index in [1.165, 1.54) is 11.3 Å². The van der Waals surface area contributed by atoms with E-state index < -0.39 is 0 Å². The SMILES string of the molecule is CC(C)(C)c1csc(N)c1C(=O)N1CCOCC1. The van der Waals surface area contributed by atoms with Gasteiger partial charge in [-0.3, -0.25) is 4.79 Å². The number of nitrogens with zero attached hydrogens (tertiary/aromatic N) is 1. The van der Waals surface area contributed by atoms with Crippen molar-refractivity contribution in [3.8, 4) is 0 Å². The Balaban J connectivity index is 2.32. The second-order valence-corrected chi connectivity index (χ2v) is 6.45. The lowest BCUT2D eigenvalue weighted by Gasteiger charge is -2.28. The van der Waals surface area contributed by atoms with Crippen molar-refractivity contribution in [1.82, 2.24) is 4.90 Å². The first-order chi connectivity index (χ1) is 8.41. The Bertz CT molecular complexity index is 442. The van der Waals surface area contributed by atoms with Gasteiger partial charge in [0.25, 0.3) is 5.91 Å². The summed E-state index contributed by atoms with van der Waals surface area (Å²) in [6.07, 6.45) is 0. The number of hydrogen-bond acceptors (Lipinski definition) is 4. The molecule has 2 N–H and O–H groups in total. The Morgan fingerprint density at radius 1 is 1.39 bits per heavy atom. The fourth-order valence-corrected chi connectivity index (χ4v) is 3.10. The van der Waals surface area contributed by atoms with Gasteiger partial charge in [-0.2, -0.15) is 0 Å². The molecule has 2 rings (SSSR count). The van der Waals surface area contributed by atoms with Crippen molar-refractivity contribution in [2.24, 2.45) is 0 Å². The number of morpholine rings is 1. The van der Waals surface area contributed by atoms with E-state index in [-0.39, 0.29) is 11.3 Å². The number of carbonyl (C=O) groups excluding carboxylic acids is 1. The van der Waals surface area contributed by atoms with Crippen LogP contribution in [0.25, 0.3) is 0 Å². The Hall–Kier alpha value is -1.07. The second kappa shape index (κ2) is 4.90. The number of thiophene rings is 1. The van der Waals surface area contributed by atoms with Gasteiger partial charge in [-0.25, -0.2) is 0 Å². The van der Waals surface area contributed by atoms with Gasteiger partial charge in [0.15, 0.2) is 0 Å². The largest absolute Gasteiger partial charge is 0.390 e. The molecule has 1 fully saturated rings. The lowest BCUT2D eigenvalue weighted by atomic mass is 9.86. The van der Waals surface area contributed by atoms with Crippen LogP contribution in [0.4, 0.5) is 5.00 Å². The summed E-state index contributed by atoms with van der Waals surface area (Å²) in [5.74, 6) is 0.0435. The molecule has 0 saturated carbocycles. The summed E-state index contributed by atoms with van der Waals surface area (Å²) in [5.41, 5.74) is 7.65. The molecule has 0 unspecified atom stereocenters. The molecular formula is C13H20N2O2S. The first-order valence-corrected chi connectivity index (χ1v) is 7.03. The maximum Gasteiger partial charge on any atom is 0.257 e. The van der Waals surface area contributed by atoms with Crippen LogP contribution in [-0.4, -0.2) is 37.1 Å². The standard InChI is InChI=1S/C13H20N2O2S/c1-13(2,3)9-8-18-11(14)10(9)12(16)15-4-6-17-7-5-15/h8H,4-7,14H2,1-3H3. The van der Waals surface area contributed by atoms with E-state index in [1.54, 1.807) is 0 Å². The molecule has 0 atom stereocenters. The Labute approximate surface area is 112 Å². The monoisotopic (exact) mass is 268 g/mol. The normalized spacial score (nSPS) is 16.9. The fraction of sp³-hybridized carbons (Fsp3) is 0.615. The van der Waals surface area contributed by atoms with E-state index in [9.17, 15) is 4.79 Å². The van der Waals surface area contributed by atoms with Crippen LogP contribution in [0.3, 0.4) is 0 Å². The molecule has 100 valence electrons. The minimum absolute atomic E-state index is 0.0435.